The Kier molecular flexibility index (Phi) is 60.5. The molecule has 0 heterocycles. The summed E-state index contributed by atoms with van der Waals surface area (Å²) in [6.07, 6.45) is 69.2. The third kappa shape index (κ3) is 60.0. The first-order chi connectivity index (χ1) is 39.2. The van der Waals surface area contributed by atoms with Crippen LogP contribution >= 0.6 is 7.82 Å². The highest BCUT2D eigenvalue weighted by atomic mass is 31.2. The SMILES string of the molecule is CC/C=C\C/C=C\C/C=C\C/C=C\CCCCCCCCC(=O)OC(COC(=O)CCCCCCCCCCCCCCCCCCCCC)COP(=O)(O)OCC(CO)OC(=O)CCCCCCCCCCCCCCCCC. The summed E-state index contributed by atoms with van der Waals surface area (Å²) < 4.78 is 39.7. The molecule has 0 saturated carbocycles. The van der Waals surface area contributed by atoms with E-state index in [0.29, 0.717) is 19.3 Å². The predicted octanol–water partition coefficient (Wildman–Crippen LogP) is 20.5. The fourth-order valence-electron chi connectivity index (χ4n) is 9.70. The van der Waals surface area contributed by atoms with Gasteiger partial charge in [-0.3, -0.25) is 23.4 Å². The van der Waals surface area contributed by atoms with Gasteiger partial charge in [-0.05, 0) is 57.8 Å². The zero-order chi connectivity index (χ0) is 58.3. The summed E-state index contributed by atoms with van der Waals surface area (Å²) in [6.45, 7) is 4.60. The standard InChI is InChI=1S/C68H125O11P/c1-4-7-10-13-16-19-22-25-28-30-32-34-37-39-42-45-48-51-54-57-66(70)75-61-65(79-68(72)59-56-53-50-47-44-41-38-35-33-31-29-26-23-20-17-14-11-8-5-2)63-77-80(73,74)76-62-64(60-69)78-67(71)58-55-52-49-46-43-40-36-27-24-21-18-15-12-9-6-3/h8,11,17,20,26,29,33,35,64-65,69H,4-7,9-10,12-16,18-19,21-25,27-28,30-32,34,36-63H2,1-3H3,(H,73,74)/b11-8-,20-17-,29-26-,35-33-. The number of hydrogen-bond donors (Lipinski definition) is 2. The van der Waals surface area contributed by atoms with Gasteiger partial charge in [-0.15, -0.1) is 0 Å². The van der Waals surface area contributed by atoms with E-state index < -0.39 is 57.8 Å². The average molecular weight is 1150 g/mol. The number of rotatable bonds is 63. The molecule has 0 aliphatic heterocycles. The molecule has 0 radical (unpaired) electrons. The van der Waals surface area contributed by atoms with Crippen molar-refractivity contribution < 1.29 is 52.2 Å². The van der Waals surface area contributed by atoms with Gasteiger partial charge in [0, 0.05) is 19.3 Å². The number of phosphoric acid groups is 1. The van der Waals surface area contributed by atoms with Gasteiger partial charge in [-0.25, -0.2) is 4.57 Å². The summed E-state index contributed by atoms with van der Waals surface area (Å²) in [4.78, 5) is 48.8. The van der Waals surface area contributed by atoms with Crippen LogP contribution in [0.4, 0.5) is 0 Å². The highest BCUT2D eigenvalue weighted by molar-refractivity contribution is 7.47. The summed E-state index contributed by atoms with van der Waals surface area (Å²) >= 11 is 0. The van der Waals surface area contributed by atoms with E-state index in [4.69, 9.17) is 23.3 Å². The van der Waals surface area contributed by atoms with Crippen molar-refractivity contribution >= 4 is 25.7 Å². The lowest BCUT2D eigenvalue weighted by atomic mass is 10.0. The maximum Gasteiger partial charge on any atom is 0.472 e. The number of esters is 3. The number of aliphatic hydroxyl groups is 1. The number of ether oxygens (including phenoxy) is 3. The molecule has 468 valence electrons. The highest BCUT2D eigenvalue weighted by Crippen LogP contribution is 2.43. The second-order valence-corrected chi connectivity index (χ2v) is 24.1. The van der Waals surface area contributed by atoms with Gasteiger partial charge in [-0.2, -0.15) is 0 Å². The molecule has 0 aliphatic carbocycles. The summed E-state index contributed by atoms with van der Waals surface area (Å²) in [5, 5.41) is 9.86. The van der Waals surface area contributed by atoms with Crippen LogP contribution in [0.5, 0.6) is 0 Å². The minimum atomic E-state index is -4.75. The van der Waals surface area contributed by atoms with E-state index in [1.165, 1.54) is 167 Å². The zero-order valence-electron chi connectivity index (χ0n) is 52.1. The molecule has 0 rings (SSSR count). The molecule has 0 amide bonds. The Hall–Kier alpha value is -2.56. The van der Waals surface area contributed by atoms with Crippen molar-refractivity contribution in [3.05, 3.63) is 48.6 Å². The Bertz CT molecular complexity index is 1530. The molecule has 0 aromatic rings. The lowest BCUT2D eigenvalue weighted by Gasteiger charge is -2.21. The largest absolute Gasteiger partial charge is 0.472 e. The third-order valence-electron chi connectivity index (χ3n) is 14.8. The molecule has 0 spiro atoms. The quantitative estimate of drug-likeness (QED) is 0.0197. The monoisotopic (exact) mass is 1150 g/mol. The van der Waals surface area contributed by atoms with Crippen LogP contribution in [0.1, 0.15) is 329 Å². The number of hydrogen-bond acceptors (Lipinski definition) is 10. The van der Waals surface area contributed by atoms with E-state index in [1.807, 2.05) is 0 Å². The average Bonchev–Trinajstić information content (AvgIpc) is 3.45. The predicted molar refractivity (Wildman–Crippen MR) is 335 cm³/mol. The molecular weight excluding hydrogens is 1020 g/mol. The van der Waals surface area contributed by atoms with Gasteiger partial charge in [0.1, 0.15) is 12.7 Å². The number of unbranched alkanes of at least 4 members (excludes halogenated alkanes) is 38. The van der Waals surface area contributed by atoms with Crippen LogP contribution in [-0.4, -0.2) is 66.5 Å². The van der Waals surface area contributed by atoms with Crippen molar-refractivity contribution in [2.75, 3.05) is 26.4 Å². The van der Waals surface area contributed by atoms with Crippen molar-refractivity contribution in [1.82, 2.24) is 0 Å². The third-order valence-corrected chi connectivity index (χ3v) is 15.7. The van der Waals surface area contributed by atoms with Gasteiger partial charge in [0.05, 0.1) is 19.8 Å². The maximum atomic E-state index is 13.0. The molecule has 0 aromatic carbocycles. The minimum Gasteiger partial charge on any atom is -0.462 e. The fourth-order valence-corrected chi connectivity index (χ4v) is 10.5. The number of aliphatic hydroxyl groups excluding tert-OH is 1. The first-order valence-corrected chi connectivity index (χ1v) is 35.0. The minimum absolute atomic E-state index is 0.155. The molecule has 12 heteroatoms. The topological polar surface area (TPSA) is 155 Å². The normalized spacial score (nSPS) is 13.5. The molecular formula is C68H125O11P. The van der Waals surface area contributed by atoms with Crippen molar-refractivity contribution in [3.8, 4) is 0 Å². The highest BCUT2D eigenvalue weighted by Gasteiger charge is 2.28. The Morgan fingerprint density at radius 3 is 1.00 bits per heavy atom. The summed E-state index contributed by atoms with van der Waals surface area (Å²) in [6, 6.07) is 0. The van der Waals surface area contributed by atoms with Crippen LogP contribution < -0.4 is 0 Å². The van der Waals surface area contributed by atoms with Gasteiger partial charge in [0.15, 0.2) is 6.10 Å². The molecule has 3 atom stereocenters. The van der Waals surface area contributed by atoms with Crippen molar-refractivity contribution in [2.24, 2.45) is 0 Å². The van der Waals surface area contributed by atoms with Gasteiger partial charge in [0.2, 0.25) is 0 Å². The summed E-state index contributed by atoms with van der Waals surface area (Å²) in [5.74, 6) is -1.45. The van der Waals surface area contributed by atoms with Gasteiger partial charge >= 0.3 is 25.7 Å². The molecule has 3 unspecified atom stereocenters. The van der Waals surface area contributed by atoms with Crippen LogP contribution in [-0.2, 0) is 42.2 Å². The number of carbonyl (C=O) groups excluding carboxylic acids is 3. The smallest absolute Gasteiger partial charge is 0.462 e. The lowest BCUT2D eigenvalue weighted by molar-refractivity contribution is -0.161. The van der Waals surface area contributed by atoms with Crippen LogP contribution in [0.3, 0.4) is 0 Å². The number of phosphoric ester groups is 1. The Morgan fingerprint density at radius 2 is 0.650 bits per heavy atom. The first kappa shape index (κ1) is 77.4. The zero-order valence-corrected chi connectivity index (χ0v) is 53.0. The molecule has 0 aromatic heterocycles. The molecule has 80 heavy (non-hydrogen) atoms. The Balaban J connectivity index is 4.68. The van der Waals surface area contributed by atoms with Crippen molar-refractivity contribution in [1.29, 1.82) is 0 Å². The summed E-state index contributed by atoms with van der Waals surface area (Å²) in [7, 11) is -4.75. The van der Waals surface area contributed by atoms with Crippen LogP contribution in [0.2, 0.25) is 0 Å². The van der Waals surface area contributed by atoms with Gasteiger partial charge in [0.25, 0.3) is 0 Å². The first-order valence-electron chi connectivity index (χ1n) is 33.5. The molecule has 11 nitrogen and oxygen atoms in total. The molecule has 0 saturated heterocycles. The van der Waals surface area contributed by atoms with E-state index in [2.05, 4.69) is 69.4 Å². The van der Waals surface area contributed by atoms with E-state index >= 15 is 0 Å². The molecule has 0 fully saturated rings. The molecule has 2 N–H and O–H groups in total. The van der Waals surface area contributed by atoms with E-state index in [1.54, 1.807) is 0 Å². The van der Waals surface area contributed by atoms with Crippen molar-refractivity contribution in [2.45, 2.75) is 341 Å². The van der Waals surface area contributed by atoms with Crippen molar-refractivity contribution in [3.63, 3.8) is 0 Å². The van der Waals surface area contributed by atoms with Crippen LogP contribution in [0, 0.1) is 0 Å². The Morgan fingerprint density at radius 1 is 0.362 bits per heavy atom. The second kappa shape index (κ2) is 62.5. The van der Waals surface area contributed by atoms with E-state index in [0.717, 1.165) is 103 Å². The fraction of sp³-hybridized carbons (Fsp3) is 0.838. The van der Waals surface area contributed by atoms with Crippen LogP contribution in [0.15, 0.2) is 48.6 Å². The van der Waals surface area contributed by atoms with Crippen LogP contribution in [0.25, 0.3) is 0 Å². The number of carbonyl (C=O) groups is 3. The van der Waals surface area contributed by atoms with E-state index in [9.17, 15) is 28.9 Å². The lowest BCUT2D eigenvalue weighted by Crippen LogP contribution is -2.30. The Labute approximate surface area is 492 Å². The summed E-state index contributed by atoms with van der Waals surface area (Å²) in [5.41, 5.74) is 0. The second-order valence-electron chi connectivity index (χ2n) is 22.6. The van der Waals surface area contributed by atoms with E-state index in [-0.39, 0.29) is 25.9 Å². The van der Waals surface area contributed by atoms with Gasteiger partial charge < -0.3 is 24.2 Å². The molecule has 0 bridgehead atoms. The molecule has 0 aliphatic rings. The number of allylic oxidation sites excluding steroid dienone is 8. The van der Waals surface area contributed by atoms with Gasteiger partial charge in [-0.1, -0.05) is 301 Å². The maximum absolute atomic E-state index is 13.0.